The number of aromatic nitrogens is 2. The van der Waals surface area contributed by atoms with Crippen LogP contribution < -0.4 is 0 Å². The van der Waals surface area contributed by atoms with E-state index < -0.39 is 5.60 Å². The Bertz CT molecular complexity index is 741. The smallest absolute Gasteiger partial charge is 0.0968 e. The van der Waals surface area contributed by atoms with Gasteiger partial charge < -0.3 is 9.84 Å². The third-order valence-corrected chi connectivity index (χ3v) is 6.05. The molecule has 2 fully saturated rings. The Hall–Kier alpha value is -1.69. The van der Waals surface area contributed by atoms with Gasteiger partial charge in [-0.05, 0) is 32.7 Å². The molecule has 2 aliphatic heterocycles. The fourth-order valence-electron chi connectivity index (χ4n) is 4.59. The molecule has 140 valence electrons. The third-order valence-electron chi connectivity index (χ3n) is 6.05. The molecule has 1 aromatic carbocycles. The molecule has 3 unspecified atom stereocenters. The SMILES string of the molecule is Cn1cc(CN2CCCC2C2COCCC2(C)O)c(-c2ccccc2)n1. The van der Waals surface area contributed by atoms with E-state index in [0.717, 1.165) is 37.2 Å². The molecule has 5 nitrogen and oxygen atoms in total. The van der Waals surface area contributed by atoms with E-state index in [2.05, 4.69) is 35.4 Å². The van der Waals surface area contributed by atoms with E-state index in [1.165, 1.54) is 12.0 Å². The molecule has 0 bridgehead atoms. The molecule has 3 atom stereocenters. The molecule has 3 heterocycles. The van der Waals surface area contributed by atoms with Crippen molar-refractivity contribution in [2.24, 2.45) is 13.0 Å². The lowest BCUT2D eigenvalue weighted by atomic mass is 9.79. The summed E-state index contributed by atoms with van der Waals surface area (Å²) in [7, 11) is 1.98. The number of ether oxygens (including phenoxy) is 1. The van der Waals surface area contributed by atoms with Crippen LogP contribution in [0.4, 0.5) is 0 Å². The van der Waals surface area contributed by atoms with Crippen LogP contribution in [0.1, 0.15) is 31.7 Å². The Morgan fingerprint density at radius 3 is 2.88 bits per heavy atom. The third kappa shape index (κ3) is 3.43. The predicted octanol–water partition coefficient (Wildman–Crippen LogP) is 2.84. The maximum atomic E-state index is 10.9. The van der Waals surface area contributed by atoms with Crippen molar-refractivity contribution < 1.29 is 9.84 Å². The molecular weight excluding hydrogens is 326 g/mol. The van der Waals surface area contributed by atoms with Gasteiger partial charge in [0.25, 0.3) is 0 Å². The Balaban J connectivity index is 1.57. The Morgan fingerprint density at radius 2 is 2.12 bits per heavy atom. The molecule has 1 aromatic heterocycles. The molecule has 2 aliphatic rings. The van der Waals surface area contributed by atoms with Crippen molar-refractivity contribution in [3.63, 3.8) is 0 Å². The fraction of sp³-hybridized carbons (Fsp3) is 0.571. The molecule has 26 heavy (non-hydrogen) atoms. The van der Waals surface area contributed by atoms with E-state index >= 15 is 0 Å². The van der Waals surface area contributed by atoms with Gasteiger partial charge in [0, 0.05) is 49.5 Å². The number of rotatable bonds is 4. The summed E-state index contributed by atoms with van der Waals surface area (Å²) in [5, 5.41) is 15.6. The zero-order valence-corrected chi connectivity index (χ0v) is 15.8. The van der Waals surface area contributed by atoms with Crippen LogP contribution in [0, 0.1) is 5.92 Å². The highest BCUT2D eigenvalue weighted by molar-refractivity contribution is 5.62. The highest BCUT2D eigenvalue weighted by Gasteiger charge is 2.44. The van der Waals surface area contributed by atoms with Gasteiger partial charge in [-0.15, -0.1) is 0 Å². The Kier molecular flexibility index (Phi) is 4.86. The summed E-state index contributed by atoms with van der Waals surface area (Å²) in [4.78, 5) is 2.53. The second kappa shape index (κ2) is 7.14. The largest absolute Gasteiger partial charge is 0.390 e. The van der Waals surface area contributed by atoms with E-state index in [1.807, 2.05) is 24.7 Å². The quantitative estimate of drug-likeness (QED) is 0.916. The van der Waals surface area contributed by atoms with E-state index in [4.69, 9.17) is 9.84 Å². The van der Waals surface area contributed by atoms with Crippen molar-refractivity contribution in [3.05, 3.63) is 42.1 Å². The minimum Gasteiger partial charge on any atom is -0.390 e. The van der Waals surface area contributed by atoms with E-state index in [9.17, 15) is 5.11 Å². The number of benzene rings is 1. The van der Waals surface area contributed by atoms with E-state index in [-0.39, 0.29) is 5.92 Å². The van der Waals surface area contributed by atoms with Gasteiger partial charge in [0.15, 0.2) is 0 Å². The second-order valence-corrected chi connectivity index (χ2v) is 8.01. The van der Waals surface area contributed by atoms with Crippen LogP contribution in [0.25, 0.3) is 11.3 Å². The standard InChI is InChI=1S/C21H29N3O2/c1-21(25)10-12-26-15-18(21)19-9-6-11-24(19)14-17-13-23(2)22-20(17)16-7-4-3-5-8-16/h3-5,7-8,13,18-19,25H,6,9-12,14-15H2,1-2H3. The van der Waals surface area contributed by atoms with Gasteiger partial charge in [-0.1, -0.05) is 30.3 Å². The number of aliphatic hydroxyl groups is 1. The zero-order chi connectivity index (χ0) is 18.1. The first kappa shape index (κ1) is 17.7. The summed E-state index contributed by atoms with van der Waals surface area (Å²) in [5.74, 6) is 0.176. The van der Waals surface area contributed by atoms with Gasteiger partial charge in [-0.25, -0.2) is 0 Å². The number of likely N-dealkylation sites (tertiary alicyclic amines) is 1. The highest BCUT2D eigenvalue weighted by atomic mass is 16.5. The molecule has 1 N–H and O–H groups in total. The molecule has 2 saturated heterocycles. The van der Waals surface area contributed by atoms with Gasteiger partial charge >= 0.3 is 0 Å². The average Bonchev–Trinajstić information content (AvgIpc) is 3.22. The average molecular weight is 355 g/mol. The molecule has 0 radical (unpaired) electrons. The monoisotopic (exact) mass is 355 g/mol. The van der Waals surface area contributed by atoms with Gasteiger partial charge in [-0.2, -0.15) is 5.10 Å². The van der Waals surface area contributed by atoms with Crippen molar-refractivity contribution in [2.45, 2.75) is 44.4 Å². The molecule has 5 heteroatoms. The minimum absolute atomic E-state index is 0.176. The normalized spacial score (nSPS) is 30.0. The number of aryl methyl sites for hydroxylation is 1. The first-order chi connectivity index (χ1) is 12.5. The van der Waals surface area contributed by atoms with Crippen LogP contribution in [-0.4, -0.2) is 51.2 Å². The van der Waals surface area contributed by atoms with Crippen LogP contribution in [0.2, 0.25) is 0 Å². The van der Waals surface area contributed by atoms with Crippen molar-refractivity contribution in [3.8, 4) is 11.3 Å². The van der Waals surface area contributed by atoms with Crippen LogP contribution in [0.5, 0.6) is 0 Å². The molecule has 0 amide bonds. The highest BCUT2D eigenvalue weighted by Crippen LogP contribution is 2.37. The van der Waals surface area contributed by atoms with Crippen molar-refractivity contribution in [1.82, 2.24) is 14.7 Å². The molecule has 0 saturated carbocycles. The Labute approximate surface area is 155 Å². The fourth-order valence-corrected chi connectivity index (χ4v) is 4.59. The van der Waals surface area contributed by atoms with Crippen molar-refractivity contribution in [2.75, 3.05) is 19.8 Å². The Morgan fingerprint density at radius 1 is 1.31 bits per heavy atom. The van der Waals surface area contributed by atoms with Gasteiger partial charge in [-0.3, -0.25) is 9.58 Å². The van der Waals surface area contributed by atoms with Crippen LogP contribution in [-0.2, 0) is 18.3 Å². The topological polar surface area (TPSA) is 50.5 Å². The second-order valence-electron chi connectivity index (χ2n) is 8.01. The molecule has 0 spiro atoms. The number of hydrogen-bond acceptors (Lipinski definition) is 4. The van der Waals surface area contributed by atoms with Gasteiger partial charge in [0.05, 0.1) is 17.9 Å². The zero-order valence-electron chi connectivity index (χ0n) is 15.8. The summed E-state index contributed by atoms with van der Waals surface area (Å²) in [6, 6.07) is 10.8. The lowest BCUT2D eigenvalue weighted by Crippen LogP contribution is -2.52. The summed E-state index contributed by atoms with van der Waals surface area (Å²) in [5.41, 5.74) is 2.84. The van der Waals surface area contributed by atoms with E-state index in [0.29, 0.717) is 19.3 Å². The summed E-state index contributed by atoms with van der Waals surface area (Å²) < 4.78 is 7.63. The van der Waals surface area contributed by atoms with Gasteiger partial charge in [0.2, 0.25) is 0 Å². The van der Waals surface area contributed by atoms with E-state index in [1.54, 1.807) is 0 Å². The predicted molar refractivity (Wildman–Crippen MR) is 102 cm³/mol. The maximum absolute atomic E-state index is 10.9. The summed E-state index contributed by atoms with van der Waals surface area (Å²) >= 11 is 0. The first-order valence-corrected chi connectivity index (χ1v) is 9.67. The molecule has 0 aliphatic carbocycles. The van der Waals surface area contributed by atoms with Crippen LogP contribution >= 0.6 is 0 Å². The van der Waals surface area contributed by atoms with Crippen LogP contribution in [0.3, 0.4) is 0 Å². The lowest BCUT2D eigenvalue weighted by Gasteiger charge is -2.43. The molecular formula is C21H29N3O2. The summed E-state index contributed by atoms with van der Waals surface area (Å²) in [6.07, 6.45) is 5.17. The summed E-state index contributed by atoms with van der Waals surface area (Å²) in [6.45, 7) is 5.25. The molecule has 4 rings (SSSR count). The number of nitrogens with zero attached hydrogens (tertiary/aromatic N) is 3. The minimum atomic E-state index is -0.636. The number of hydrogen-bond donors (Lipinski definition) is 1. The van der Waals surface area contributed by atoms with Crippen LogP contribution in [0.15, 0.2) is 36.5 Å². The maximum Gasteiger partial charge on any atom is 0.0968 e. The van der Waals surface area contributed by atoms with Crippen molar-refractivity contribution in [1.29, 1.82) is 0 Å². The first-order valence-electron chi connectivity index (χ1n) is 9.67. The van der Waals surface area contributed by atoms with Gasteiger partial charge in [0.1, 0.15) is 0 Å². The van der Waals surface area contributed by atoms with Crippen molar-refractivity contribution >= 4 is 0 Å². The molecule has 2 aromatic rings. The lowest BCUT2D eigenvalue weighted by molar-refractivity contribution is -0.123.